The van der Waals surface area contributed by atoms with Crippen molar-refractivity contribution in [1.82, 2.24) is 25.1 Å². The van der Waals surface area contributed by atoms with Crippen LogP contribution in [0.1, 0.15) is 24.2 Å². The predicted molar refractivity (Wildman–Crippen MR) is 85.5 cm³/mol. The van der Waals surface area contributed by atoms with E-state index in [2.05, 4.69) is 39.7 Å². The van der Waals surface area contributed by atoms with Crippen LogP contribution in [0.3, 0.4) is 0 Å². The van der Waals surface area contributed by atoms with Crippen LogP contribution >= 0.6 is 0 Å². The summed E-state index contributed by atoms with van der Waals surface area (Å²) in [6, 6.07) is 12.0. The average Bonchev–Trinajstić information content (AvgIpc) is 3.34. The van der Waals surface area contributed by atoms with E-state index in [0.29, 0.717) is 18.0 Å². The van der Waals surface area contributed by atoms with E-state index in [1.807, 2.05) is 24.3 Å². The van der Waals surface area contributed by atoms with E-state index in [0.717, 1.165) is 24.1 Å². The summed E-state index contributed by atoms with van der Waals surface area (Å²) in [6.07, 6.45) is 1.98. The molecule has 6 nitrogen and oxygen atoms in total. The van der Waals surface area contributed by atoms with Crippen LogP contribution in [0, 0.1) is 12.8 Å². The summed E-state index contributed by atoms with van der Waals surface area (Å²) in [5.41, 5.74) is 3.78. The summed E-state index contributed by atoms with van der Waals surface area (Å²) in [7, 11) is 0. The maximum absolute atomic E-state index is 11.8. The Kier molecular flexibility index (Phi) is 3.29. The van der Waals surface area contributed by atoms with Crippen molar-refractivity contribution in [2.75, 3.05) is 0 Å². The number of aryl methyl sites for hydroxylation is 1. The number of nitrogens with one attached hydrogen (secondary N) is 1. The SMILES string of the molecule is Cc1ccc(-c2ccc3nnc(CNC(=O)C4CC4)n3n2)cc1. The summed E-state index contributed by atoms with van der Waals surface area (Å²) in [5, 5.41) is 15.8. The van der Waals surface area contributed by atoms with E-state index in [1.165, 1.54) is 5.56 Å². The number of hydrogen-bond acceptors (Lipinski definition) is 4. The molecule has 0 atom stereocenters. The fraction of sp³-hybridized carbons (Fsp3) is 0.294. The van der Waals surface area contributed by atoms with E-state index in [-0.39, 0.29) is 11.8 Å². The zero-order valence-corrected chi connectivity index (χ0v) is 12.9. The van der Waals surface area contributed by atoms with Gasteiger partial charge in [-0.3, -0.25) is 4.79 Å². The minimum absolute atomic E-state index is 0.0939. The van der Waals surface area contributed by atoms with Crippen molar-refractivity contribution >= 4 is 11.6 Å². The molecule has 23 heavy (non-hydrogen) atoms. The third-order valence-electron chi connectivity index (χ3n) is 4.04. The molecule has 1 fully saturated rings. The second kappa shape index (κ2) is 5.46. The van der Waals surface area contributed by atoms with Gasteiger partial charge < -0.3 is 5.32 Å². The molecule has 6 heteroatoms. The van der Waals surface area contributed by atoms with Crippen LogP contribution in [0.2, 0.25) is 0 Å². The van der Waals surface area contributed by atoms with Crippen molar-refractivity contribution in [2.24, 2.45) is 5.92 Å². The number of carbonyl (C=O) groups excluding carboxylic acids is 1. The van der Waals surface area contributed by atoms with Gasteiger partial charge in [0.1, 0.15) is 0 Å². The van der Waals surface area contributed by atoms with Gasteiger partial charge in [-0.2, -0.15) is 9.61 Å². The topological polar surface area (TPSA) is 72.2 Å². The zero-order chi connectivity index (χ0) is 15.8. The lowest BCUT2D eigenvalue weighted by Crippen LogP contribution is -2.25. The molecule has 0 saturated heterocycles. The first kappa shape index (κ1) is 13.9. The fourth-order valence-corrected chi connectivity index (χ4v) is 2.48. The highest BCUT2D eigenvalue weighted by molar-refractivity contribution is 5.80. The van der Waals surface area contributed by atoms with Gasteiger partial charge in [0.15, 0.2) is 11.5 Å². The standard InChI is InChI=1S/C17H17N5O/c1-11-2-4-12(5-3-11)14-8-9-15-19-20-16(22(15)21-14)10-18-17(23)13-6-7-13/h2-5,8-9,13H,6-7,10H2,1H3,(H,18,23). The number of nitrogens with zero attached hydrogens (tertiary/aromatic N) is 4. The van der Waals surface area contributed by atoms with Crippen LogP contribution in [0.15, 0.2) is 36.4 Å². The average molecular weight is 307 g/mol. The van der Waals surface area contributed by atoms with Gasteiger partial charge in [-0.15, -0.1) is 10.2 Å². The monoisotopic (exact) mass is 307 g/mol. The summed E-state index contributed by atoms with van der Waals surface area (Å²) >= 11 is 0. The highest BCUT2D eigenvalue weighted by atomic mass is 16.2. The van der Waals surface area contributed by atoms with Gasteiger partial charge in [-0.25, -0.2) is 0 Å². The van der Waals surface area contributed by atoms with Gasteiger partial charge in [-0.05, 0) is 31.9 Å². The van der Waals surface area contributed by atoms with E-state index in [1.54, 1.807) is 4.52 Å². The Morgan fingerprint density at radius 1 is 1.17 bits per heavy atom. The third-order valence-corrected chi connectivity index (χ3v) is 4.04. The van der Waals surface area contributed by atoms with Crippen LogP contribution < -0.4 is 5.32 Å². The van der Waals surface area contributed by atoms with Gasteiger partial charge in [-0.1, -0.05) is 29.8 Å². The van der Waals surface area contributed by atoms with E-state index >= 15 is 0 Å². The predicted octanol–water partition coefficient (Wildman–Crippen LogP) is 2.13. The van der Waals surface area contributed by atoms with E-state index in [9.17, 15) is 4.79 Å². The molecule has 4 rings (SSSR count). The molecule has 1 N–H and O–H groups in total. The van der Waals surface area contributed by atoms with Crippen LogP contribution in [0.5, 0.6) is 0 Å². The molecule has 0 bridgehead atoms. The Labute approximate surface area is 133 Å². The zero-order valence-electron chi connectivity index (χ0n) is 12.9. The number of amides is 1. The van der Waals surface area contributed by atoms with Crippen LogP contribution in [-0.4, -0.2) is 25.7 Å². The minimum atomic E-state index is 0.0939. The lowest BCUT2D eigenvalue weighted by atomic mass is 10.1. The minimum Gasteiger partial charge on any atom is -0.348 e. The Morgan fingerprint density at radius 3 is 2.70 bits per heavy atom. The molecule has 2 heterocycles. The second-order valence-electron chi connectivity index (χ2n) is 5.96. The summed E-state index contributed by atoms with van der Waals surface area (Å²) in [5.74, 6) is 0.921. The van der Waals surface area contributed by atoms with Crippen molar-refractivity contribution in [3.8, 4) is 11.3 Å². The summed E-state index contributed by atoms with van der Waals surface area (Å²) in [4.78, 5) is 11.8. The molecule has 2 aromatic heterocycles. The van der Waals surface area contributed by atoms with E-state index < -0.39 is 0 Å². The quantitative estimate of drug-likeness (QED) is 0.801. The second-order valence-corrected chi connectivity index (χ2v) is 5.96. The smallest absolute Gasteiger partial charge is 0.223 e. The first-order chi connectivity index (χ1) is 11.2. The molecule has 1 amide bonds. The maximum atomic E-state index is 11.8. The van der Waals surface area contributed by atoms with Crippen molar-refractivity contribution in [2.45, 2.75) is 26.3 Å². The molecular formula is C17H17N5O. The first-order valence-electron chi connectivity index (χ1n) is 7.77. The molecule has 0 radical (unpaired) electrons. The Balaban J connectivity index is 1.62. The number of benzene rings is 1. The molecule has 1 saturated carbocycles. The lowest BCUT2D eigenvalue weighted by Gasteiger charge is -2.05. The third kappa shape index (κ3) is 2.79. The molecule has 0 aliphatic heterocycles. The molecule has 3 aromatic rings. The Morgan fingerprint density at radius 2 is 1.96 bits per heavy atom. The summed E-state index contributed by atoms with van der Waals surface area (Å²) < 4.78 is 1.70. The van der Waals surface area contributed by atoms with Crippen LogP contribution in [0.4, 0.5) is 0 Å². The van der Waals surface area contributed by atoms with Crippen LogP contribution in [-0.2, 0) is 11.3 Å². The first-order valence-corrected chi connectivity index (χ1v) is 7.77. The fourth-order valence-electron chi connectivity index (χ4n) is 2.48. The Bertz CT molecular complexity index is 864. The highest BCUT2D eigenvalue weighted by Crippen LogP contribution is 2.28. The number of aromatic nitrogens is 4. The number of carbonyl (C=O) groups is 1. The van der Waals surface area contributed by atoms with E-state index in [4.69, 9.17) is 0 Å². The van der Waals surface area contributed by atoms with Crippen LogP contribution in [0.25, 0.3) is 16.9 Å². The molecule has 1 aromatic carbocycles. The van der Waals surface area contributed by atoms with Gasteiger partial charge in [0, 0.05) is 11.5 Å². The van der Waals surface area contributed by atoms with Crippen molar-refractivity contribution in [3.05, 3.63) is 47.8 Å². The number of hydrogen-bond donors (Lipinski definition) is 1. The van der Waals surface area contributed by atoms with Crippen molar-refractivity contribution < 1.29 is 4.79 Å². The number of rotatable bonds is 4. The number of fused-ring (bicyclic) bond motifs is 1. The summed E-state index contributed by atoms with van der Waals surface area (Å²) in [6.45, 7) is 2.40. The van der Waals surface area contributed by atoms with Gasteiger partial charge in [0.2, 0.25) is 5.91 Å². The molecule has 0 unspecified atom stereocenters. The molecule has 1 aliphatic rings. The Hall–Kier alpha value is -2.76. The maximum Gasteiger partial charge on any atom is 0.223 e. The van der Waals surface area contributed by atoms with Gasteiger partial charge in [0.05, 0.1) is 12.2 Å². The van der Waals surface area contributed by atoms with Gasteiger partial charge >= 0.3 is 0 Å². The molecule has 1 aliphatic carbocycles. The normalized spacial score (nSPS) is 14.1. The van der Waals surface area contributed by atoms with Gasteiger partial charge in [0.25, 0.3) is 0 Å². The highest BCUT2D eigenvalue weighted by Gasteiger charge is 2.29. The van der Waals surface area contributed by atoms with Crippen molar-refractivity contribution in [1.29, 1.82) is 0 Å². The van der Waals surface area contributed by atoms with Crippen molar-refractivity contribution in [3.63, 3.8) is 0 Å². The molecule has 116 valence electrons. The molecule has 0 spiro atoms. The lowest BCUT2D eigenvalue weighted by molar-refractivity contribution is -0.122. The largest absolute Gasteiger partial charge is 0.348 e. The molecular weight excluding hydrogens is 290 g/mol.